The highest BCUT2D eigenvalue weighted by atomic mass is 16.7. The Morgan fingerprint density at radius 1 is 1.29 bits per heavy atom. The van der Waals surface area contributed by atoms with E-state index in [4.69, 9.17) is 23.7 Å². The van der Waals surface area contributed by atoms with Gasteiger partial charge in [-0.1, -0.05) is 6.42 Å². The van der Waals surface area contributed by atoms with Crippen LogP contribution in [0.2, 0.25) is 0 Å². The first-order valence-electron chi connectivity index (χ1n) is 8.43. The molecule has 1 aromatic heterocycles. The molecule has 0 spiro atoms. The lowest BCUT2D eigenvalue weighted by Crippen LogP contribution is -2.42. The zero-order valence-electron chi connectivity index (χ0n) is 14.4. The summed E-state index contributed by atoms with van der Waals surface area (Å²) in [5.41, 5.74) is 0.623. The van der Waals surface area contributed by atoms with Crippen molar-refractivity contribution in [2.45, 2.75) is 37.1 Å². The molecule has 0 N–H and O–H groups in total. The number of aromatic nitrogens is 2. The summed E-state index contributed by atoms with van der Waals surface area (Å²) in [6.45, 7) is 3.05. The Bertz CT molecular complexity index is 513. The van der Waals surface area contributed by atoms with Gasteiger partial charge in [0.15, 0.2) is 0 Å². The Balaban J connectivity index is 1.63. The molecule has 0 bridgehead atoms. The number of nitrogens with zero attached hydrogens (tertiary/aromatic N) is 2. The number of ether oxygens (including phenoxy) is 5. The van der Waals surface area contributed by atoms with Crippen LogP contribution in [0, 0.1) is 0 Å². The van der Waals surface area contributed by atoms with Gasteiger partial charge in [0.2, 0.25) is 6.29 Å². The Morgan fingerprint density at radius 2 is 2.12 bits per heavy atom. The molecule has 1 saturated heterocycles. The molecule has 24 heavy (non-hydrogen) atoms. The Kier molecular flexibility index (Phi) is 6.13. The van der Waals surface area contributed by atoms with E-state index in [0.717, 1.165) is 30.8 Å². The van der Waals surface area contributed by atoms with Gasteiger partial charge < -0.3 is 23.7 Å². The van der Waals surface area contributed by atoms with Crippen molar-refractivity contribution < 1.29 is 23.7 Å². The lowest BCUT2D eigenvalue weighted by molar-refractivity contribution is -0.121. The van der Waals surface area contributed by atoms with Crippen molar-refractivity contribution in [2.24, 2.45) is 0 Å². The van der Waals surface area contributed by atoms with Crippen LogP contribution in [0.3, 0.4) is 0 Å². The van der Waals surface area contributed by atoms with Crippen LogP contribution in [0.15, 0.2) is 12.3 Å². The molecular formula is C17H26N2O5. The Hall–Kier alpha value is -1.12. The number of methoxy groups -OCH3 is 2. The van der Waals surface area contributed by atoms with Crippen molar-refractivity contribution in [3.8, 4) is 0 Å². The first-order chi connectivity index (χ1) is 11.8. The van der Waals surface area contributed by atoms with Crippen molar-refractivity contribution >= 4 is 0 Å². The largest absolute Gasteiger partial charge is 0.378 e. The molecule has 1 saturated carbocycles. The van der Waals surface area contributed by atoms with Crippen molar-refractivity contribution in [1.82, 2.24) is 9.97 Å². The highest BCUT2D eigenvalue weighted by Crippen LogP contribution is 2.42. The number of hydrogen-bond acceptors (Lipinski definition) is 7. The molecule has 3 rings (SSSR count). The zero-order valence-corrected chi connectivity index (χ0v) is 14.4. The molecule has 0 amide bonds. The van der Waals surface area contributed by atoms with Crippen LogP contribution in [0.4, 0.5) is 0 Å². The molecule has 1 aliphatic carbocycles. The fourth-order valence-corrected chi connectivity index (χ4v) is 3.15. The van der Waals surface area contributed by atoms with Gasteiger partial charge >= 0.3 is 0 Å². The van der Waals surface area contributed by atoms with Gasteiger partial charge in [0.25, 0.3) is 0 Å². The van der Waals surface area contributed by atoms with Crippen molar-refractivity contribution in [3.05, 3.63) is 23.8 Å². The first-order valence-corrected chi connectivity index (χ1v) is 8.43. The summed E-state index contributed by atoms with van der Waals surface area (Å²) in [7, 11) is 3.20. The van der Waals surface area contributed by atoms with E-state index in [1.165, 1.54) is 0 Å². The van der Waals surface area contributed by atoms with E-state index in [2.05, 4.69) is 9.97 Å². The molecule has 0 unspecified atom stereocenters. The fraction of sp³-hybridized carbons (Fsp3) is 0.765. The minimum atomic E-state index is -0.474. The summed E-state index contributed by atoms with van der Waals surface area (Å²) in [6.07, 6.45) is 4.54. The average Bonchev–Trinajstić information content (AvgIpc) is 2.59. The molecular weight excluding hydrogens is 312 g/mol. The summed E-state index contributed by atoms with van der Waals surface area (Å²) in [5.74, 6) is 0.811. The quantitative estimate of drug-likeness (QED) is 0.667. The molecule has 7 nitrogen and oxygen atoms in total. The van der Waals surface area contributed by atoms with E-state index >= 15 is 0 Å². The van der Waals surface area contributed by atoms with E-state index in [-0.39, 0.29) is 11.5 Å². The van der Waals surface area contributed by atoms with Gasteiger partial charge in [0.1, 0.15) is 11.9 Å². The zero-order chi connectivity index (χ0) is 16.8. The third-order valence-corrected chi connectivity index (χ3v) is 4.70. The van der Waals surface area contributed by atoms with Gasteiger partial charge in [-0.25, -0.2) is 9.97 Å². The number of rotatable bonds is 8. The summed E-state index contributed by atoms with van der Waals surface area (Å²) < 4.78 is 27.5. The van der Waals surface area contributed by atoms with Crippen LogP contribution < -0.4 is 0 Å². The maximum absolute atomic E-state index is 5.94. The predicted octanol–water partition coefficient (Wildman–Crippen LogP) is 1.62. The lowest BCUT2D eigenvalue weighted by atomic mass is 9.68. The van der Waals surface area contributed by atoms with Crippen LogP contribution in [0.1, 0.15) is 37.1 Å². The van der Waals surface area contributed by atoms with Gasteiger partial charge in [0, 0.05) is 20.4 Å². The normalized spacial score (nSPS) is 23.2. The average molecular weight is 338 g/mol. The van der Waals surface area contributed by atoms with Crippen LogP contribution in [-0.2, 0) is 29.1 Å². The Labute approximate surface area is 142 Å². The third kappa shape index (κ3) is 3.92. The lowest BCUT2D eigenvalue weighted by Gasteiger charge is -2.40. The van der Waals surface area contributed by atoms with Crippen molar-refractivity contribution in [3.63, 3.8) is 0 Å². The van der Waals surface area contributed by atoms with E-state index < -0.39 is 6.29 Å². The molecule has 134 valence electrons. The Morgan fingerprint density at radius 3 is 2.75 bits per heavy atom. The standard InChI is InChI=1S/C17H26N2O5/c1-20-15(21-2)14-4-7-18-16(19-14)17(5-3-6-17)12-23-11-13-10-22-8-9-24-13/h4,7,13,15H,3,5-6,8-12H2,1-2H3/t13-/m1/s1. The van der Waals surface area contributed by atoms with E-state index in [9.17, 15) is 0 Å². The van der Waals surface area contributed by atoms with E-state index in [1.54, 1.807) is 20.4 Å². The molecule has 1 aliphatic heterocycles. The third-order valence-electron chi connectivity index (χ3n) is 4.70. The molecule has 1 aromatic rings. The van der Waals surface area contributed by atoms with Gasteiger partial charge in [-0.05, 0) is 18.9 Å². The van der Waals surface area contributed by atoms with Gasteiger partial charge in [0.05, 0.1) is 44.1 Å². The van der Waals surface area contributed by atoms with Crippen LogP contribution in [0.25, 0.3) is 0 Å². The SMILES string of the molecule is COC(OC)c1ccnc(C2(COC[C@H]3COCCO3)CCC2)n1. The van der Waals surface area contributed by atoms with Gasteiger partial charge in [-0.2, -0.15) is 0 Å². The monoisotopic (exact) mass is 338 g/mol. The van der Waals surface area contributed by atoms with Gasteiger partial charge in [-0.3, -0.25) is 0 Å². The summed E-state index contributed by atoms with van der Waals surface area (Å²) >= 11 is 0. The summed E-state index contributed by atoms with van der Waals surface area (Å²) in [5, 5.41) is 0. The highest BCUT2D eigenvalue weighted by Gasteiger charge is 2.42. The molecule has 7 heteroatoms. The van der Waals surface area contributed by atoms with Crippen molar-refractivity contribution in [2.75, 3.05) is 47.3 Å². The van der Waals surface area contributed by atoms with Gasteiger partial charge in [-0.15, -0.1) is 0 Å². The van der Waals surface area contributed by atoms with Crippen molar-refractivity contribution in [1.29, 1.82) is 0 Å². The molecule has 2 heterocycles. The molecule has 0 radical (unpaired) electrons. The van der Waals surface area contributed by atoms with Crippen LogP contribution in [-0.4, -0.2) is 63.3 Å². The molecule has 2 aliphatic rings. The van der Waals surface area contributed by atoms with Crippen LogP contribution in [0.5, 0.6) is 0 Å². The highest BCUT2D eigenvalue weighted by molar-refractivity contribution is 5.16. The number of hydrogen-bond donors (Lipinski definition) is 0. The summed E-state index contributed by atoms with van der Waals surface area (Å²) in [6, 6.07) is 1.82. The molecule has 2 fully saturated rings. The minimum Gasteiger partial charge on any atom is -0.378 e. The molecule has 1 atom stereocenters. The second kappa shape index (κ2) is 8.31. The predicted molar refractivity (Wildman–Crippen MR) is 85.7 cm³/mol. The smallest absolute Gasteiger partial charge is 0.200 e. The minimum absolute atomic E-state index is 0.0227. The van der Waals surface area contributed by atoms with E-state index in [0.29, 0.717) is 33.0 Å². The maximum atomic E-state index is 5.94. The topological polar surface area (TPSA) is 71.9 Å². The molecule has 0 aromatic carbocycles. The maximum Gasteiger partial charge on any atom is 0.200 e. The summed E-state index contributed by atoms with van der Waals surface area (Å²) in [4.78, 5) is 9.17. The second-order valence-electron chi connectivity index (χ2n) is 6.33. The first kappa shape index (κ1) is 17.7. The van der Waals surface area contributed by atoms with Crippen LogP contribution >= 0.6 is 0 Å². The fourth-order valence-electron chi connectivity index (χ4n) is 3.15. The van der Waals surface area contributed by atoms with E-state index in [1.807, 2.05) is 6.07 Å². The second-order valence-corrected chi connectivity index (χ2v) is 6.33.